The zero-order valence-electron chi connectivity index (χ0n) is 11.1. The van der Waals surface area contributed by atoms with E-state index in [9.17, 15) is 9.59 Å². The monoisotopic (exact) mass is 272 g/mol. The fourth-order valence-electron chi connectivity index (χ4n) is 1.60. The van der Waals surface area contributed by atoms with Crippen molar-refractivity contribution in [3.63, 3.8) is 0 Å². The molecule has 1 amide bonds. The Morgan fingerprint density at radius 3 is 2.72 bits per heavy atom. The van der Waals surface area contributed by atoms with Gasteiger partial charge in [-0.15, -0.1) is 0 Å². The standard InChI is InChI=1S/C12H20N2O3S/c1-4-17-12(16)9(6-5-7-14(2)3)11-13-10(15)8-18-11/h4-8H2,1-3H3,(H,13,15)/b11-9+. The first-order chi connectivity index (χ1) is 8.54. The van der Waals surface area contributed by atoms with E-state index in [0.717, 1.165) is 13.0 Å². The van der Waals surface area contributed by atoms with Crippen LogP contribution in [0.3, 0.4) is 0 Å². The van der Waals surface area contributed by atoms with Crippen LogP contribution < -0.4 is 5.32 Å². The van der Waals surface area contributed by atoms with E-state index >= 15 is 0 Å². The fourth-order valence-corrected chi connectivity index (χ4v) is 2.49. The number of amides is 1. The molecule has 0 aromatic carbocycles. The van der Waals surface area contributed by atoms with Gasteiger partial charge >= 0.3 is 5.97 Å². The summed E-state index contributed by atoms with van der Waals surface area (Å²) < 4.78 is 5.03. The summed E-state index contributed by atoms with van der Waals surface area (Å²) in [6.45, 7) is 3.02. The molecule has 0 bridgehead atoms. The average Bonchev–Trinajstić information content (AvgIpc) is 2.71. The highest BCUT2D eigenvalue weighted by Gasteiger charge is 2.23. The zero-order valence-corrected chi connectivity index (χ0v) is 11.9. The van der Waals surface area contributed by atoms with Gasteiger partial charge in [0.15, 0.2) is 0 Å². The highest BCUT2D eigenvalue weighted by molar-refractivity contribution is 8.04. The first kappa shape index (κ1) is 15.0. The fraction of sp³-hybridized carbons (Fsp3) is 0.667. The van der Waals surface area contributed by atoms with E-state index in [4.69, 9.17) is 4.74 Å². The zero-order chi connectivity index (χ0) is 13.5. The number of carbonyl (C=O) groups excluding carboxylic acids is 2. The summed E-state index contributed by atoms with van der Waals surface area (Å²) in [6.07, 6.45) is 1.49. The van der Waals surface area contributed by atoms with Crippen LogP contribution in [0, 0.1) is 0 Å². The van der Waals surface area contributed by atoms with Crippen molar-refractivity contribution in [1.82, 2.24) is 10.2 Å². The Labute approximate surface area is 112 Å². The molecule has 6 heteroatoms. The Morgan fingerprint density at radius 1 is 1.50 bits per heavy atom. The molecule has 0 unspecified atom stereocenters. The summed E-state index contributed by atoms with van der Waals surface area (Å²) in [5.41, 5.74) is 0.592. The average molecular weight is 272 g/mol. The van der Waals surface area contributed by atoms with Crippen molar-refractivity contribution in [2.45, 2.75) is 19.8 Å². The molecule has 5 nitrogen and oxygen atoms in total. The highest BCUT2D eigenvalue weighted by Crippen LogP contribution is 2.26. The van der Waals surface area contributed by atoms with Crippen LogP contribution in [-0.4, -0.2) is 49.8 Å². The summed E-state index contributed by atoms with van der Waals surface area (Å²) in [4.78, 5) is 25.1. The molecule has 0 aromatic rings. The molecule has 0 aromatic heterocycles. The maximum atomic E-state index is 11.9. The van der Waals surface area contributed by atoms with E-state index < -0.39 is 0 Å². The third-order valence-corrected chi connectivity index (χ3v) is 3.47. The molecule has 1 heterocycles. The molecule has 0 saturated carbocycles. The number of carbonyl (C=O) groups is 2. The molecule has 0 aliphatic carbocycles. The van der Waals surface area contributed by atoms with Crippen LogP contribution in [0.5, 0.6) is 0 Å². The molecule has 1 fully saturated rings. The summed E-state index contributed by atoms with van der Waals surface area (Å²) >= 11 is 1.38. The van der Waals surface area contributed by atoms with Crippen LogP contribution in [0.25, 0.3) is 0 Å². The molecular formula is C12H20N2O3S. The van der Waals surface area contributed by atoms with Gasteiger partial charge in [-0.1, -0.05) is 11.8 Å². The van der Waals surface area contributed by atoms with Gasteiger partial charge in [-0.05, 0) is 40.4 Å². The lowest BCUT2D eigenvalue weighted by Gasteiger charge is -2.12. The lowest BCUT2D eigenvalue weighted by Crippen LogP contribution is -2.20. The van der Waals surface area contributed by atoms with E-state index in [0.29, 0.717) is 29.4 Å². The topological polar surface area (TPSA) is 58.6 Å². The Kier molecular flexibility index (Phi) is 6.21. The molecular weight excluding hydrogens is 252 g/mol. The largest absolute Gasteiger partial charge is 0.463 e. The molecule has 18 heavy (non-hydrogen) atoms. The minimum atomic E-state index is -0.319. The van der Waals surface area contributed by atoms with Crippen LogP contribution in [0.15, 0.2) is 10.6 Å². The van der Waals surface area contributed by atoms with E-state index in [2.05, 4.69) is 10.2 Å². The number of hydrogen-bond donors (Lipinski definition) is 1. The molecule has 1 N–H and O–H groups in total. The predicted molar refractivity (Wildman–Crippen MR) is 72.0 cm³/mol. The predicted octanol–water partition coefficient (Wildman–Crippen LogP) is 0.966. The summed E-state index contributed by atoms with van der Waals surface area (Å²) in [5, 5.41) is 3.38. The Morgan fingerprint density at radius 2 is 2.22 bits per heavy atom. The third-order valence-electron chi connectivity index (χ3n) is 2.43. The van der Waals surface area contributed by atoms with Gasteiger partial charge in [-0.25, -0.2) is 4.79 Å². The summed E-state index contributed by atoms with van der Waals surface area (Å²) in [7, 11) is 3.98. The minimum absolute atomic E-state index is 0.0515. The molecule has 1 aliphatic heterocycles. The van der Waals surface area contributed by atoms with Gasteiger partial charge in [-0.2, -0.15) is 0 Å². The van der Waals surface area contributed by atoms with Gasteiger partial charge in [-0.3, -0.25) is 4.79 Å². The van der Waals surface area contributed by atoms with Gasteiger partial charge in [0, 0.05) is 0 Å². The maximum Gasteiger partial charge on any atom is 0.336 e. The molecule has 0 radical (unpaired) electrons. The van der Waals surface area contributed by atoms with Crippen molar-refractivity contribution in [3.8, 4) is 0 Å². The van der Waals surface area contributed by atoms with Gasteiger partial charge < -0.3 is 15.0 Å². The Balaban J connectivity index is 2.69. The number of nitrogens with one attached hydrogen (secondary N) is 1. The van der Waals surface area contributed by atoms with Gasteiger partial charge in [0.2, 0.25) is 5.91 Å². The van der Waals surface area contributed by atoms with Crippen LogP contribution in [0.2, 0.25) is 0 Å². The van der Waals surface area contributed by atoms with Crippen molar-refractivity contribution in [2.24, 2.45) is 0 Å². The Bertz CT molecular complexity index is 353. The summed E-state index contributed by atoms with van der Waals surface area (Å²) in [6, 6.07) is 0. The highest BCUT2D eigenvalue weighted by atomic mass is 32.2. The van der Waals surface area contributed by atoms with Crippen LogP contribution in [0.1, 0.15) is 19.8 Å². The second-order valence-electron chi connectivity index (χ2n) is 4.27. The minimum Gasteiger partial charge on any atom is -0.463 e. The number of hydrogen-bond acceptors (Lipinski definition) is 5. The first-order valence-corrected chi connectivity index (χ1v) is 7.00. The number of ether oxygens (including phenoxy) is 1. The van der Waals surface area contributed by atoms with Crippen molar-refractivity contribution in [1.29, 1.82) is 0 Å². The molecule has 1 rings (SSSR count). The molecule has 0 spiro atoms. The van der Waals surface area contributed by atoms with E-state index in [1.54, 1.807) is 6.92 Å². The van der Waals surface area contributed by atoms with Crippen molar-refractivity contribution >= 4 is 23.6 Å². The van der Waals surface area contributed by atoms with Crippen LogP contribution in [-0.2, 0) is 14.3 Å². The number of nitrogens with zero attached hydrogens (tertiary/aromatic N) is 1. The van der Waals surface area contributed by atoms with Gasteiger partial charge in [0.1, 0.15) is 0 Å². The Hall–Kier alpha value is -1.01. The number of esters is 1. The third kappa shape index (κ3) is 4.70. The lowest BCUT2D eigenvalue weighted by atomic mass is 10.1. The molecule has 0 atom stereocenters. The molecule has 102 valence electrons. The van der Waals surface area contributed by atoms with Crippen LogP contribution >= 0.6 is 11.8 Å². The van der Waals surface area contributed by atoms with Gasteiger partial charge in [0.05, 0.1) is 23.0 Å². The summed E-state index contributed by atoms with van der Waals surface area (Å²) in [5.74, 6) is 0.0108. The first-order valence-electron chi connectivity index (χ1n) is 6.02. The van der Waals surface area contributed by atoms with Crippen molar-refractivity contribution in [2.75, 3.05) is 33.0 Å². The van der Waals surface area contributed by atoms with Crippen molar-refractivity contribution in [3.05, 3.63) is 10.6 Å². The van der Waals surface area contributed by atoms with E-state index in [1.807, 2.05) is 14.1 Å². The number of rotatable bonds is 6. The van der Waals surface area contributed by atoms with E-state index in [-0.39, 0.29) is 11.9 Å². The quantitative estimate of drug-likeness (QED) is 0.576. The van der Waals surface area contributed by atoms with Gasteiger partial charge in [0.25, 0.3) is 0 Å². The second-order valence-corrected chi connectivity index (χ2v) is 5.26. The second kappa shape index (κ2) is 7.43. The lowest BCUT2D eigenvalue weighted by molar-refractivity contribution is -0.138. The normalized spacial score (nSPS) is 17.9. The van der Waals surface area contributed by atoms with E-state index in [1.165, 1.54) is 11.8 Å². The molecule has 1 saturated heterocycles. The SMILES string of the molecule is CCOC(=O)/C(CCCN(C)C)=C1\NC(=O)CS1. The molecule has 1 aliphatic rings. The van der Waals surface area contributed by atoms with Crippen molar-refractivity contribution < 1.29 is 14.3 Å². The maximum absolute atomic E-state index is 11.9. The van der Waals surface area contributed by atoms with Crippen LogP contribution in [0.4, 0.5) is 0 Å². The number of thioether (sulfide) groups is 1. The smallest absolute Gasteiger partial charge is 0.336 e.